The van der Waals surface area contributed by atoms with Crippen molar-refractivity contribution >= 4 is 17.8 Å². The lowest BCUT2D eigenvalue weighted by Gasteiger charge is -2.23. The lowest BCUT2D eigenvalue weighted by molar-refractivity contribution is -0.137. The fourth-order valence-corrected chi connectivity index (χ4v) is 2.69. The van der Waals surface area contributed by atoms with E-state index in [9.17, 15) is 9.59 Å². The molecule has 1 heterocycles. The van der Waals surface area contributed by atoms with Crippen LogP contribution in [0.3, 0.4) is 0 Å². The van der Waals surface area contributed by atoms with Gasteiger partial charge in [0.25, 0.3) is 0 Å². The first-order valence-corrected chi connectivity index (χ1v) is 8.63. The lowest BCUT2D eigenvalue weighted by atomic mass is 10.0. The van der Waals surface area contributed by atoms with Gasteiger partial charge in [0.2, 0.25) is 0 Å². The second kappa shape index (κ2) is 8.51. The molecule has 0 aliphatic rings. The first-order valence-electron chi connectivity index (χ1n) is 8.63. The van der Waals surface area contributed by atoms with Crippen LogP contribution in [0.25, 0.3) is 0 Å². The molecule has 1 unspecified atom stereocenters. The van der Waals surface area contributed by atoms with Crippen LogP contribution in [0.15, 0.2) is 42.6 Å². The highest BCUT2D eigenvalue weighted by Crippen LogP contribution is 2.19. The van der Waals surface area contributed by atoms with E-state index in [4.69, 9.17) is 5.11 Å². The molecule has 26 heavy (non-hydrogen) atoms. The summed E-state index contributed by atoms with van der Waals surface area (Å²) in [4.78, 5) is 23.3. The van der Waals surface area contributed by atoms with Gasteiger partial charge < -0.3 is 10.4 Å². The fourth-order valence-electron chi connectivity index (χ4n) is 2.69. The molecule has 2 aromatic rings. The van der Waals surface area contributed by atoms with Crippen molar-refractivity contribution in [1.29, 1.82) is 0 Å². The van der Waals surface area contributed by atoms with Crippen LogP contribution in [-0.4, -0.2) is 32.9 Å². The lowest BCUT2D eigenvalue weighted by Crippen LogP contribution is -2.40. The number of benzene rings is 1. The Balaban J connectivity index is 2.03. The molecule has 3 N–H and O–H groups in total. The summed E-state index contributed by atoms with van der Waals surface area (Å²) in [6, 6.07) is 10.8. The Kier molecular flexibility index (Phi) is 6.38. The Bertz CT molecular complexity index is 735. The number of carbonyl (C=O) groups is 2. The molecule has 1 atom stereocenters. The second-order valence-corrected chi connectivity index (χ2v) is 7.22. The second-order valence-electron chi connectivity index (χ2n) is 7.22. The largest absolute Gasteiger partial charge is 0.481 e. The van der Waals surface area contributed by atoms with E-state index >= 15 is 0 Å². The third kappa shape index (κ3) is 5.91. The fraction of sp³-hybridized carbons (Fsp3) is 0.421. The molecule has 7 nitrogen and oxygen atoms in total. The average molecular weight is 358 g/mol. The van der Waals surface area contributed by atoms with Crippen molar-refractivity contribution in [3.8, 4) is 0 Å². The molecule has 2 amide bonds. The molecule has 2 rings (SSSR count). The van der Waals surface area contributed by atoms with Crippen molar-refractivity contribution in [2.45, 2.75) is 51.6 Å². The van der Waals surface area contributed by atoms with Gasteiger partial charge in [-0.2, -0.15) is 5.10 Å². The maximum Gasteiger partial charge on any atom is 0.320 e. The number of rotatable bonds is 7. The number of nitrogens with one attached hydrogen (secondary N) is 2. The standard InChI is InChI=1S/C19H26N4O3/c1-19(2,3)23-16(11-12-20-23)22-18(26)21-15(9-10-17(24)25)13-14-7-5-4-6-8-14/h4-8,11-12,15H,9-10,13H2,1-3H3,(H,24,25)(H2,21,22,26). The van der Waals surface area contributed by atoms with Gasteiger partial charge in [0, 0.05) is 18.5 Å². The monoisotopic (exact) mass is 358 g/mol. The number of anilines is 1. The van der Waals surface area contributed by atoms with Crippen LogP contribution in [-0.2, 0) is 16.8 Å². The summed E-state index contributed by atoms with van der Waals surface area (Å²) in [6.07, 6.45) is 2.56. The van der Waals surface area contributed by atoms with Gasteiger partial charge in [-0.05, 0) is 39.2 Å². The summed E-state index contributed by atoms with van der Waals surface area (Å²) in [7, 11) is 0. The Morgan fingerprint density at radius 1 is 1.19 bits per heavy atom. The number of urea groups is 1. The molecule has 7 heteroatoms. The Hall–Kier alpha value is -2.83. The van der Waals surface area contributed by atoms with E-state index in [1.165, 1.54) is 0 Å². The third-order valence-corrected chi connectivity index (χ3v) is 3.89. The molecule has 0 aliphatic heterocycles. The van der Waals surface area contributed by atoms with Crippen LogP contribution >= 0.6 is 0 Å². The number of aromatic nitrogens is 2. The van der Waals surface area contributed by atoms with Gasteiger partial charge in [0.05, 0.1) is 11.7 Å². The predicted molar refractivity (Wildman–Crippen MR) is 100 cm³/mol. The molecule has 0 bridgehead atoms. The van der Waals surface area contributed by atoms with Crippen molar-refractivity contribution < 1.29 is 14.7 Å². The van der Waals surface area contributed by atoms with Crippen LogP contribution in [0, 0.1) is 0 Å². The van der Waals surface area contributed by atoms with Gasteiger partial charge in [0.15, 0.2) is 0 Å². The van der Waals surface area contributed by atoms with E-state index in [0.717, 1.165) is 5.56 Å². The molecular weight excluding hydrogens is 332 g/mol. The molecule has 0 saturated carbocycles. The van der Waals surface area contributed by atoms with Crippen molar-refractivity contribution in [3.05, 3.63) is 48.2 Å². The van der Waals surface area contributed by atoms with Gasteiger partial charge in [-0.25, -0.2) is 9.48 Å². The van der Waals surface area contributed by atoms with Gasteiger partial charge in [-0.1, -0.05) is 30.3 Å². The van der Waals surface area contributed by atoms with Crippen molar-refractivity contribution in [2.24, 2.45) is 0 Å². The number of carboxylic acids is 1. The normalized spacial score (nSPS) is 12.4. The quantitative estimate of drug-likeness (QED) is 0.708. The maximum absolute atomic E-state index is 12.4. The number of nitrogens with zero attached hydrogens (tertiary/aromatic N) is 2. The van der Waals surface area contributed by atoms with Crippen LogP contribution in [0.2, 0.25) is 0 Å². The summed E-state index contributed by atoms with van der Waals surface area (Å²) in [5, 5.41) is 18.9. The zero-order chi connectivity index (χ0) is 19.2. The number of carbonyl (C=O) groups excluding carboxylic acids is 1. The van der Waals surface area contributed by atoms with Gasteiger partial charge in [-0.15, -0.1) is 0 Å². The number of carboxylic acid groups (broad SMARTS) is 1. The zero-order valence-electron chi connectivity index (χ0n) is 15.4. The molecule has 140 valence electrons. The summed E-state index contributed by atoms with van der Waals surface area (Å²) >= 11 is 0. The molecule has 0 spiro atoms. The van der Waals surface area contributed by atoms with Gasteiger partial charge >= 0.3 is 12.0 Å². The molecule has 1 aromatic heterocycles. The summed E-state index contributed by atoms with van der Waals surface area (Å²) in [5.74, 6) is -0.289. The molecule has 0 saturated heterocycles. The van der Waals surface area contributed by atoms with Crippen molar-refractivity contribution in [2.75, 3.05) is 5.32 Å². The van der Waals surface area contributed by atoms with E-state index in [1.54, 1.807) is 16.9 Å². The van der Waals surface area contributed by atoms with E-state index in [2.05, 4.69) is 15.7 Å². The highest BCUT2D eigenvalue weighted by Gasteiger charge is 2.20. The Labute approximate surface area is 153 Å². The summed E-state index contributed by atoms with van der Waals surface area (Å²) in [6.45, 7) is 5.98. The van der Waals surface area contributed by atoms with Crippen molar-refractivity contribution in [3.63, 3.8) is 0 Å². The third-order valence-electron chi connectivity index (χ3n) is 3.89. The Morgan fingerprint density at radius 3 is 2.50 bits per heavy atom. The predicted octanol–water partition coefficient (Wildman–Crippen LogP) is 3.24. The number of hydrogen-bond acceptors (Lipinski definition) is 3. The van der Waals surface area contributed by atoms with Gasteiger partial charge in [0.1, 0.15) is 5.82 Å². The van der Waals surface area contributed by atoms with Crippen LogP contribution in [0.4, 0.5) is 10.6 Å². The minimum atomic E-state index is -0.879. The Morgan fingerprint density at radius 2 is 1.88 bits per heavy atom. The van der Waals surface area contributed by atoms with E-state index < -0.39 is 5.97 Å². The van der Waals surface area contributed by atoms with E-state index in [-0.39, 0.29) is 24.0 Å². The first kappa shape index (κ1) is 19.5. The number of amides is 2. The van der Waals surface area contributed by atoms with Gasteiger partial charge in [-0.3, -0.25) is 10.1 Å². The topological polar surface area (TPSA) is 96.3 Å². The minimum absolute atomic E-state index is 0.00228. The molecule has 0 radical (unpaired) electrons. The maximum atomic E-state index is 12.4. The number of aliphatic carboxylic acids is 1. The first-order chi connectivity index (χ1) is 12.3. The zero-order valence-corrected chi connectivity index (χ0v) is 15.4. The van der Waals surface area contributed by atoms with Crippen molar-refractivity contribution in [1.82, 2.24) is 15.1 Å². The minimum Gasteiger partial charge on any atom is -0.481 e. The molecule has 0 fully saturated rings. The van der Waals surface area contributed by atoms with Crippen LogP contribution < -0.4 is 10.6 Å². The SMILES string of the molecule is CC(C)(C)n1nccc1NC(=O)NC(CCC(=O)O)Cc1ccccc1. The summed E-state index contributed by atoms with van der Waals surface area (Å²) in [5.41, 5.74) is 0.779. The highest BCUT2D eigenvalue weighted by molar-refractivity contribution is 5.88. The molecule has 1 aromatic carbocycles. The number of hydrogen-bond donors (Lipinski definition) is 3. The van der Waals surface area contributed by atoms with E-state index in [1.807, 2.05) is 51.1 Å². The molecular formula is C19H26N4O3. The smallest absolute Gasteiger partial charge is 0.320 e. The highest BCUT2D eigenvalue weighted by atomic mass is 16.4. The van der Waals surface area contributed by atoms with E-state index in [0.29, 0.717) is 18.7 Å². The summed E-state index contributed by atoms with van der Waals surface area (Å²) < 4.78 is 1.73. The van der Waals surface area contributed by atoms with Crippen LogP contribution in [0.1, 0.15) is 39.2 Å². The molecule has 0 aliphatic carbocycles. The average Bonchev–Trinajstić information content (AvgIpc) is 3.02. The van der Waals surface area contributed by atoms with Crippen LogP contribution in [0.5, 0.6) is 0 Å².